The first-order valence-electron chi connectivity index (χ1n) is 6.72. The Morgan fingerprint density at radius 3 is 2.21 bits per heavy atom. The average Bonchev–Trinajstić information content (AvgIpc) is 2.36. The number of hydrogen-bond acceptors (Lipinski definition) is 5. The molecule has 5 nitrogen and oxygen atoms in total. The van der Waals surface area contributed by atoms with Crippen molar-refractivity contribution < 1.29 is 0 Å². The molecule has 0 amide bonds. The molecule has 0 radical (unpaired) electrons. The van der Waals surface area contributed by atoms with Crippen molar-refractivity contribution in [3.8, 4) is 0 Å². The van der Waals surface area contributed by atoms with Gasteiger partial charge >= 0.3 is 0 Å². The van der Waals surface area contributed by atoms with Gasteiger partial charge in [0.1, 0.15) is 17.5 Å². The van der Waals surface area contributed by atoms with Crippen molar-refractivity contribution >= 4 is 11.6 Å². The molecule has 1 aromatic rings. The van der Waals surface area contributed by atoms with Gasteiger partial charge in [0.05, 0.1) is 0 Å². The minimum absolute atomic E-state index is 0.0371. The van der Waals surface area contributed by atoms with Crippen LogP contribution < -0.4 is 16.2 Å². The van der Waals surface area contributed by atoms with E-state index in [1.165, 1.54) is 0 Å². The van der Waals surface area contributed by atoms with Crippen LogP contribution in [-0.4, -0.2) is 22.6 Å². The Bertz CT molecular complexity index is 434. The van der Waals surface area contributed by atoms with Crippen LogP contribution in [0.25, 0.3) is 0 Å². The summed E-state index contributed by atoms with van der Waals surface area (Å²) in [7, 11) is 2.05. The molecule has 0 fully saturated rings. The van der Waals surface area contributed by atoms with E-state index in [1.54, 1.807) is 0 Å². The first-order chi connectivity index (χ1) is 8.61. The van der Waals surface area contributed by atoms with Gasteiger partial charge in [-0.05, 0) is 20.3 Å². The molecule has 0 atom stereocenters. The molecule has 3 N–H and O–H groups in total. The molecule has 0 aliphatic heterocycles. The summed E-state index contributed by atoms with van der Waals surface area (Å²) >= 11 is 0. The fraction of sp³-hybridized carbons (Fsp3) is 0.714. The smallest absolute Gasteiger partial charge is 0.145 e. The Labute approximate surface area is 116 Å². The molecule has 0 aliphatic rings. The zero-order valence-electron chi connectivity index (χ0n) is 13.2. The quantitative estimate of drug-likeness (QED) is 0.647. The molecule has 0 aromatic carbocycles. The van der Waals surface area contributed by atoms with Crippen LogP contribution in [0, 0.1) is 0 Å². The summed E-state index contributed by atoms with van der Waals surface area (Å²) in [5, 5.41) is 0. The van der Waals surface area contributed by atoms with Gasteiger partial charge in [0, 0.05) is 24.1 Å². The van der Waals surface area contributed by atoms with Crippen molar-refractivity contribution in [1.29, 1.82) is 0 Å². The van der Waals surface area contributed by atoms with E-state index >= 15 is 0 Å². The molecule has 1 heterocycles. The predicted octanol–water partition coefficient (Wildman–Crippen LogP) is 2.68. The molecule has 1 rings (SSSR count). The Morgan fingerprint density at radius 1 is 1.21 bits per heavy atom. The minimum Gasteiger partial charge on any atom is -0.354 e. The second-order valence-electron chi connectivity index (χ2n) is 6.55. The number of hydrogen-bond donors (Lipinski definition) is 2. The fourth-order valence-corrected chi connectivity index (χ4v) is 1.56. The molecular weight excluding hydrogens is 238 g/mol. The monoisotopic (exact) mass is 265 g/mol. The van der Waals surface area contributed by atoms with E-state index in [0.717, 1.165) is 18.1 Å². The van der Waals surface area contributed by atoms with Crippen molar-refractivity contribution in [3.05, 3.63) is 11.9 Å². The minimum atomic E-state index is -0.112. The summed E-state index contributed by atoms with van der Waals surface area (Å²) in [6.07, 6.45) is 1.03. The first kappa shape index (κ1) is 15.7. The van der Waals surface area contributed by atoms with Crippen LogP contribution >= 0.6 is 0 Å². The standard InChI is InChI=1S/C14H27N5/c1-8-14(5,6)19(7)11-9-10(18-15)16-12(17-11)13(2,3)4/h9H,8,15H2,1-7H3,(H,16,17,18). The highest BCUT2D eigenvalue weighted by atomic mass is 15.3. The molecule has 0 saturated heterocycles. The highest BCUT2D eigenvalue weighted by Crippen LogP contribution is 2.27. The average molecular weight is 265 g/mol. The van der Waals surface area contributed by atoms with Crippen molar-refractivity contribution in [1.82, 2.24) is 9.97 Å². The maximum atomic E-state index is 5.51. The van der Waals surface area contributed by atoms with Crippen LogP contribution in [0.1, 0.15) is 53.8 Å². The van der Waals surface area contributed by atoms with Crippen LogP contribution in [0.2, 0.25) is 0 Å². The van der Waals surface area contributed by atoms with Crippen molar-refractivity contribution in [2.75, 3.05) is 17.4 Å². The molecular formula is C14H27N5. The van der Waals surface area contributed by atoms with Gasteiger partial charge in [0.15, 0.2) is 0 Å². The number of hydrazine groups is 1. The van der Waals surface area contributed by atoms with E-state index in [2.05, 4.69) is 68.9 Å². The summed E-state index contributed by atoms with van der Waals surface area (Å²) in [5.41, 5.74) is 2.55. The summed E-state index contributed by atoms with van der Waals surface area (Å²) in [4.78, 5) is 11.3. The summed E-state index contributed by atoms with van der Waals surface area (Å²) in [6.45, 7) is 12.8. The summed E-state index contributed by atoms with van der Waals surface area (Å²) in [6, 6.07) is 1.88. The van der Waals surface area contributed by atoms with Gasteiger partial charge in [-0.3, -0.25) is 0 Å². The van der Waals surface area contributed by atoms with Crippen LogP contribution in [0.3, 0.4) is 0 Å². The maximum Gasteiger partial charge on any atom is 0.145 e. The molecule has 0 saturated carbocycles. The van der Waals surface area contributed by atoms with Crippen molar-refractivity contribution in [3.63, 3.8) is 0 Å². The predicted molar refractivity (Wildman–Crippen MR) is 81.3 cm³/mol. The van der Waals surface area contributed by atoms with Crippen LogP contribution in [-0.2, 0) is 5.41 Å². The second-order valence-corrected chi connectivity index (χ2v) is 6.55. The Balaban J connectivity index is 3.28. The Hall–Kier alpha value is -1.36. The van der Waals surface area contributed by atoms with Crippen LogP contribution in [0.15, 0.2) is 6.07 Å². The molecule has 5 heteroatoms. The van der Waals surface area contributed by atoms with E-state index < -0.39 is 0 Å². The van der Waals surface area contributed by atoms with E-state index in [4.69, 9.17) is 5.84 Å². The molecule has 19 heavy (non-hydrogen) atoms. The first-order valence-corrected chi connectivity index (χ1v) is 6.72. The number of nitrogens with two attached hydrogens (primary N) is 1. The summed E-state index contributed by atoms with van der Waals surface area (Å²) < 4.78 is 0. The van der Waals surface area contributed by atoms with Gasteiger partial charge in [-0.25, -0.2) is 15.8 Å². The fourth-order valence-electron chi connectivity index (χ4n) is 1.56. The number of anilines is 2. The van der Waals surface area contributed by atoms with Crippen molar-refractivity contribution in [2.45, 2.75) is 58.9 Å². The molecule has 0 spiro atoms. The Morgan fingerprint density at radius 2 is 1.79 bits per heavy atom. The molecule has 1 aromatic heterocycles. The zero-order chi connectivity index (χ0) is 14.8. The number of rotatable bonds is 4. The lowest BCUT2D eigenvalue weighted by molar-refractivity contribution is 0.463. The van der Waals surface area contributed by atoms with E-state index in [0.29, 0.717) is 5.82 Å². The molecule has 0 bridgehead atoms. The van der Waals surface area contributed by atoms with Crippen molar-refractivity contribution in [2.24, 2.45) is 5.84 Å². The third-order valence-corrected chi connectivity index (χ3v) is 3.65. The van der Waals surface area contributed by atoms with E-state index in [-0.39, 0.29) is 11.0 Å². The Kier molecular flexibility index (Phi) is 4.40. The van der Waals surface area contributed by atoms with Gasteiger partial charge in [0.25, 0.3) is 0 Å². The SMILES string of the molecule is CCC(C)(C)N(C)c1cc(NN)nc(C(C)(C)C)n1. The lowest BCUT2D eigenvalue weighted by Crippen LogP contribution is -2.41. The van der Waals surface area contributed by atoms with Crippen LogP contribution in [0.5, 0.6) is 0 Å². The zero-order valence-corrected chi connectivity index (χ0v) is 13.2. The summed E-state index contributed by atoms with van der Waals surface area (Å²) in [5.74, 6) is 7.84. The highest BCUT2D eigenvalue weighted by Gasteiger charge is 2.25. The molecule has 0 unspecified atom stereocenters. The lowest BCUT2D eigenvalue weighted by Gasteiger charge is -2.36. The van der Waals surface area contributed by atoms with Gasteiger partial charge in [-0.1, -0.05) is 27.7 Å². The number of nitrogens with one attached hydrogen (secondary N) is 1. The normalized spacial score (nSPS) is 12.4. The van der Waals surface area contributed by atoms with E-state index in [1.807, 2.05) is 6.07 Å². The number of aromatic nitrogens is 2. The third-order valence-electron chi connectivity index (χ3n) is 3.65. The number of nitrogen functional groups attached to an aromatic ring is 1. The molecule has 0 aliphatic carbocycles. The topological polar surface area (TPSA) is 67.1 Å². The van der Waals surface area contributed by atoms with Gasteiger partial charge in [0.2, 0.25) is 0 Å². The van der Waals surface area contributed by atoms with Gasteiger partial charge in [-0.2, -0.15) is 0 Å². The third kappa shape index (κ3) is 3.56. The van der Waals surface area contributed by atoms with Gasteiger partial charge < -0.3 is 10.3 Å². The second kappa shape index (κ2) is 5.33. The number of nitrogens with zero attached hydrogens (tertiary/aromatic N) is 3. The maximum absolute atomic E-state index is 5.51. The van der Waals surface area contributed by atoms with E-state index in [9.17, 15) is 0 Å². The highest BCUT2D eigenvalue weighted by molar-refractivity contribution is 5.50. The molecule has 108 valence electrons. The largest absolute Gasteiger partial charge is 0.354 e. The van der Waals surface area contributed by atoms with Gasteiger partial charge in [-0.15, -0.1) is 0 Å². The van der Waals surface area contributed by atoms with Crippen LogP contribution in [0.4, 0.5) is 11.6 Å². The lowest BCUT2D eigenvalue weighted by atomic mass is 9.95.